The second kappa shape index (κ2) is 8.10. The van der Waals surface area contributed by atoms with Gasteiger partial charge in [-0.25, -0.2) is 9.97 Å². The Morgan fingerprint density at radius 2 is 2.13 bits per heavy atom. The van der Waals surface area contributed by atoms with Gasteiger partial charge in [-0.05, 0) is 32.9 Å². The van der Waals surface area contributed by atoms with Crippen molar-refractivity contribution in [2.75, 3.05) is 19.0 Å². The molecule has 160 valence electrons. The number of aryl methyl sites for hydroxylation is 2. The Kier molecular flexibility index (Phi) is 5.33. The van der Waals surface area contributed by atoms with Gasteiger partial charge in [-0.1, -0.05) is 11.7 Å². The molecule has 3 aromatic heterocycles. The van der Waals surface area contributed by atoms with Gasteiger partial charge in [-0.3, -0.25) is 4.68 Å². The highest BCUT2D eigenvalue weighted by molar-refractivity contribution is 6.23. The Morgan fingerprint density at radius 1 is 1.32 bits per heavy atom. The summed E-state index contributed by atoms with van der Waals surface area (Å²) in [6.45, 7) is 10.3. The summed E-state index contributed by atoms with van der Waals surface area (Å²) in [5.74, 6) is 2.85. The molecule has 0 aliphatic heterocycles. The molecule has 3 heterocycles. The predicted molar refractivity (Wildman–Crippen MR) is 123 cm³/mol. The summed E-state index contributed by atoms with van der Waals surface area (Å²) in [5, 5.41) is 13.5. The normalized spacial score (nSPS) is 11.8. The van der Waals surface area contributed by atoms with Gasteiger partial charge < -0.3 is 19.9 Å². The molecule has 0 unspecified atom stereocenters. The lowest BCUT2D eigenvalue weighted by Gasteiger charge is -2.12. The summed E-state index contributed by atoms with van der Waals surface area (Å²) >= 11 is 0. The molecule has 1 aromatic carbocycles. The number of anilines is 2. The van der Waals surface area contributed by atoms with E-state index in [4.69, 9.17) is 9.57 Å². The molecule has 0 fully saturated rings. The lowest BCUT2D eigenvalue weighted by Crippen LogP contribution is -2.03. The van der Waals surface area contributed by atoms with Crippen molar-refractivity contribution in [3.63, 3.8) is 0 Å². The molecule has 0 amide bonds. The number of hydrogen-bond donors (Lipinski definition) is 2. The molecule has 0 bridgehead atoms. The van der Waals surface area contributed by atoms with Crippen molar-refractivity contribution in [3.05, 3.63) is 42.4 Å². The van der Waals surface area contributed by atoms with E-state index < -0.39 is 0 Å². The van der Waals surface area contributed by atoms with E-state index in [1.807, 2.05) is 46.0 Å². The van der Waals surface area contributed by atoms with E-state index in [-0.39, 0.29) is 0 Å². The van der Waals surface area contributed by atoms with Crippen LogP contribution in [-0.4, -0.2) is 44.2 Å². The fourth-order valence-corrected chi connectivity index (χ4v) is 3.46. The number of fused-ring (bicyclic) bond motifs is 3. The minimum absolute atomic E-state index is 0.493. The van der Waals surface area contributed by atoms with E-state index in [1.54, 1.807) is 18.0 Å². The van der Waals surface area contributed by atoms with E-state index >= 15 is 0 Å². The van der Waals surface area contributed by atoms with Crippen LogP contribution < -0.4 is 10.1 Å². The number of benzene rings is 1. The monoisotopic (exact) mass is 419 g/mol. The number of oxime groups is 1. The van der Waals surface area contributed by atoms with Crippen LogP contribution in [0.4, 0.5) is 11.6 Å². The SMILES string of the molecule is C=C(/C(C)=N\OCC)c1cc2[nH]c3nc(C)nc(Nc4ccnn4C)c3c2cc1OC. The molecule has 0 atom stereocenters. The van der Waals surface area contributed by atoms with Gasteiger partial charge in [-0.15, -0.1) is 0 Å². The Bertz CT molecular complexity index is 1320. The van der Waals surface area contributed by atoms with E-state index in [1.165, 1.54) is 0 Å². The number of hydrogen-bond acceptors (Lipinski definition) is 7. The molecule has 9 nitrogen and oxygen atoms in total. The first-order chi connectivity index (χ1) is 14.9. The Hall–Kier alpha value is -3.88. The number of aromatic amines is 1. The number of aromatic nitrogens is 5. The van der Waals surface area contributed by atoms with Crippen LogP contribution in [0.1, 0.15) is 25.2 Å². The lowest BCUT2D eigenvalue weighted by atomic mass is 10.0. The minimum atomic E-state index is 0.493. The van der Waals surface area contributed by atoms with Crippen LogP contribution >= 0.6 is 0 Å². The molecule has 0 spiro atoms. The molecule has 9 heteroatoms. The van der Waals surface area contributed by atoms with Crippen molar-refractivity contribution in [3.8, 4) is 5.75 Å². The first-order valence-corrected chi connectivity index (χ1v) is 9.92. The lowest BCUT2D eigenvalue weighted by molar-refractivity contribution is 0.159. The molecule has 0 saturated carbocycles. The Labute approximate surface area is 179 Å². The topological polar surface area (TPSA) is 102 Å². The highest BCUT2D eigenvalue weighted by Crippen LogP contribution is 2.37. The van der Waals surface area contributed by atoms with Crippen molar-refractivity contribution in [1.82, 2.24) is 24.7 Å². The quantitative estimate of drug-likeness (QED) is 0.341. The molecule has 4 rings (SSSR count). The van der Waals surface area contributed by atoms with Crippen LogP contribution in [0.3, 0.4) is 0 Å². The van der Waals surface area contributed by atoms with Gasteiger partial charge in [0.15, 0.2) is 0 Å². The summed E-state index contributed by atoms with van der Waals surface area (Å²) in [6, 6.07) is 5.85. The zero-order chi connectivity index (χ0) is 22.1. The summed E-state index contributed by atoms with van der Waals surface area (Å²) in [7, 11) is 3.51. The van der Waals surface area contributed by atoms with Crippen molar-refractivity contribution in [2.24, 2.45) is 12.2 Å². The summed E-state index contributed by atoms with van der Waals surface area (Å²) in [4.78, 5) is 17.8. The van der Waals surface area contributed by atoms with Gasteiger partial charge in [0.05, 0.1) is 24.4 Å². The van der Waals surface area contributed by atoms with E-state index in [0.717, 1.165) is 38.9 Å². The number of methoxy groups -OCH3 is 1. The van der Waals surface area contributed by atoms with E-state index in [0.29, 0.717) is 29.7 Å². The van der Waals surface area contributed by atoms with Gasteiger partial charge in [0.25, 0.3) is 0 Å². The molecule has 31 heavy (non-hydrogen) atoms. The highest BCUT2D eigenvalue weighted by atomic mass is 16.6. The first-order valence-electron chi connectivity index (χ1n) is 9.92. The number of ether oxygens (including phenoxy) is 1. The summed E-state index contributed by atoms with van der Waals surface area (Å²) < 4.78 is 7.44. The number of rotatable bonds is 7. The zero-order valence-corrected chi connectivity index (χ0v) is 18.3. The number of nitrogens with zero attached hydrogens (tertiary/aromatic N) is 5. The fourth-order valence-electron chi connectivity index (χ4n) is 3.46. The zero-order valence-electron chi connectivity index (χ0n) is 18.3. The smallest absolute Gasteiger partial charge is 0.145 e. The standard InChI is InChI=1S/C22H25N7O2/c1-7-31-28-13(3)12(2)15-10-17-16(11-18(15)30-6)20-21(26-17)24-14(4)25-22(20)27-19-8-9-23-29(19)5/h8-11H,2,7H2,1,3-6H3,(H2,24,25,26,27)/b28-13-. The molecular weight excluding hydrogens is 394 g/mol. The summed E-state index contributed by atoms with van der Waals surface area (Å²) in [6.07, 6.45) is 1.73. The molecule has 0 aliphatic carbocycles. The van der Waals surface area contributed by atoms with E-state index in [9.17, 15) is 0 Å². The molecule has 4 aromatic rings. The van der Waals surface area contributed by atoms with Gasteiger partial charge in [-0.2, -0.15) is 5.10 Å². The van der Waals surface area contributed by atoms with Crippen LogP contribution in [0, 0.1) is 6.92 Å². The largest absolute Gasteiger partial charge is 0.496 e. The molecule has 0 aliphatic rings. The predicted octanol–water partition coefficient (Wildman–Crippen LogP) is 4.33. The summed E-state index contributed by atoms with van der Waals surface area (Å²) in [5.41, 5.74) is 3.86. The second-order valence-electron chi connectivity index (χ2n) is 7.10. The maximum Gasteiger partial charge on any atom is 0.145 e. The third-order valence-electron chi connectivity index (χ3n) is 5.04. The Morgan fingerprint density at radius 3 is 2.81 bits per heavy atom. The van der Waals surface area contributed by atoms with Gasteiger partial charge in [0.1, 0.15) is 35.5 Å². The molecule has 0 radical (unpaired) electrons. The van der Waals surface area contributed by atoms with Crippen LogP contribution in [0.5, 0.6) is 5.75 Å². The average molecular weight is 419 g/mol. The van der Waals surface area contributed by atoms with Gasteiger partial charge in [0.2, 0.25) is 0 Å². The maximum atomic E-state index is 5.69. The molecule has 0 saturated heterocycles. The van der Waals surface area contributed by atoms with Crippen LogP contribution in [-0.2, 0) is 11.9 Å². The van der Waals surface area contributed by atoms with Crippen LogP contribution in [0.2, 0.25) is 0 Å². The molecular formula is C22H25N7O2. The number of H-pyrrole nitrogens is 1. The Balaban J connectivity index is 1.90. The maximum absolute atomic E-state index is 5.69. The second-order valence-corrected chi connectivity index (χ2v) is 7.10. The number of allylic oxidation sites excluding steroid dienone is 1. The molecule has 2 N–H and O–H groups in total. The van der Waals surface area contributed by atoms with Gasteiger partial charge >= 0.3 is 0 Å². The first kappa shape index (κ1) is 20.4. The fraction of sp³-hybridized carbons (Fsp3) is 0.273. The van der Waals surface area contributed by atoms with E-state index in [2.05, 4.69) is 37.1 Å². The average Bonchev–Trinajstić information content (AvgIpc) is 3.32. The van der Waals surface area contributed by atoms with Crippen molar-refractivity contribution in [2.45, 2.75) is 20.8 Å². The van der Waals surface area contributed by atoms with Crippen LogP contribution in [0.25, 0.3) is 27.5 Å². The van der Waals surface area contributed by atoms with Gasteiger partial charge in [0, 0.05) is 35.2 Å². The highest BCUT2D eigenvalue weighted by Gasteiger charge is 2.18. The number of nitrogens with one attached hydrogen (secondary N) is 2. The minimum Gasteiger partial charge on any atom is -0.496 e. The van der Waals surface area contributed by atoms with Crippen molar-refractivity contribution in [1.29, 1.82) is 0 Å². The van der Waals surface area contributed by atoms with Crippen molar-refractivity contribution >= 4 is 44.9 Å². The van der Waals surface area contributed by atoms with Crippen LogP contribution in [0.15, 0.2) is 36.1 Å². The third-order valence-corrected chi connectivity index (χ3v) is 5.04. The third kappa shape index (κ3) is 3.70. The van der Waals surface area contributed by atoms with Crippen molar-refractivity contribution < 1.29 is 9.57 Å².